The molecule has 1 aliphatic heterocycles. The molecule has 0 saturated carbocycles. The first kappa shape index (κ1) is 34.0. The van der Waals surface area contributed by atoms with Crippen molar-refractivity contribution >= 4 is 17.7 Å². The molecule has 0 fully saturated rings. The summed E-state index contributed by atoms with van der Waals surface area (Å²) in [4.78, 5) is 35.3. The van der Waals surface area contributed by atoms with Crippen LogP contribution in [0.4, 0.5) is 0 Å². The molecular weight excluding hydrogens is 496 g/mol. The monoisotopic (exact) mass is 542 g/mol. The highest BCUT2D eigenvalue weighted by atomic mass is 16.5. The maximum absolute atomic E-state index is 13.0. The van der Waals surface area contributed by atoms with Gasteiger partial charge < -0.3 is 20.1 Å². The predicted octanol–water partition coefficient (Wildman–Crippen LogP) is 5.37. The Morgan fingerprint density at radius 2 is 1.72 bits per heavy atom. The SMILES string of the molecule is CC(/C=C/C[C@@H](C)/C=C(C)/C=C/[C@@H]1OC(=O)C=C[C@@H]1C)=C\[C@H](CO)C(=O)[C@H](C)[C@@H](O)[C@@H](C)C/C(C)=C/C(=O)O. The van der Waals surface area contributed by atoms with E-state index in [1.54, 1.807) is 26.8 Å². The van der Waals surface area contributed by atoms with Gasteiger partial charge in [-0.3, -0.25) is 4.79 Å². The van der Waals surface area contributed by atoms with E-state index in [0.29, 0.717) is 12.0 Å². The maximum atomic E-state index is 13.0. The smallest absolute Gasteiger partial charge is 0.331 e. The fourth-order valence-corrected chi connectivity index (χ4v) is 4.62. The van der Waals surface area contributed by atoms with Crippen LogP contribution in [-0.4, -0.2) is 51.9 Å². The quantitative estimate of drug-likeness (QED) is 0.145. The Kier molecular flexibility index (Phi) is 14.7. The van der Waals surface area contributed by atoms with E-state index < -0.39 is 23.9 Å². The van der Waals surface area contributed by atoms with Crippen molar-refractivity contribution in [3.63, 3.8) is 0 Å². The lowest BCUT2D eigenvalue weighted by Gasteiger charge is -2.26. The summed E-state index contributed by atoms with van der Waals surface area (Å²) in [6.07, 6.45) is 16.0. The molecule has 1 heterocycles. The zero-order valence-corrected chi connectivity index (χ0v) is 24.3. The summed E-state index contributed by atoms with van der Waals surface area (Å²) < 4.78 is 5.34. The Morgan fingerprint density at radius 3 is 2.33 bits per heavy atom. The number of carbonyl (C=O) groups excluding carboxylic acids is 2. The maximum Gasteiger partial charge on any atom is 0.331 e. The van der Waals surface area contributed by atoms with Crippen LogP contribution >= 0.6 is 0 Å². The van der Waals surface area contributed by atoms with Crippen LogP contribution in [0.15, 0.2) is 71.4 Å². The number of carbonyl (C=O) groups is 3. The summed E-state index contributed by atoms with van der Waals surface area (Å²) in [6, 6.07) is 0. The van der Waals surface area contributed by atoms with Crippen molar-refractivity contribution in [2.75, 3.05) is 6.61 Å². The number of esters is 1. The molecule has 1 rings (SSSR count). The second-order valence-corrected chi connectivity index (χ2v) is 10.9. The largest absolute Gasteiger partial charge is 0.478 e. The first-order valence-corrected chi connectivity index (χ1v) is 13.6. The third-order valence-corrected chi connectivity index (χ3v) is 6.88. The van der Waals surface area contributed by atoms with E-state index in [-0.39, 0.29) is 42.2 Å². The molecular formula is C32H46O7. The van der Waals surface area contributed by atoms with Crippen LogP contribution in [-0.2, 0) is 19.1 Å². The van der Waals surface area contributed by atoms with Crippen LogP contribution in [0.3, 0.4) is 0 Å². The van der Waals surface area contributed by atoms with Crippen LogP contribution in [0, 0.1) is 29.6 Å². The van der Waals surface area contributed by atoms with Gasteiger partial charge >= 0.3 is 11.9 Å². The van der Waals surface area contributed by atoms with Crippen molar-refractivity contribution in [1.29, 1.82) is 0 Å². The number of Topliss-reactive ketones (excluding diaryl/α,β-unsaturated/α-hetero) is 1. The number of cyclic esters (lactones) is 1. The molecule has 0 aromatic carbocycles. The van der Waals surface area contributed by atoms with Gasteiger partial charge in [-0.15, -0.1) is 0 Å². The molecule has 0 spiro atoms. The lowest BCUT2D eigenvalue weighted by atomic mass is 9.82. The third kappa shape index (κ3) is 12.6. The van der Waals surface area contributed by atoms with Gasteiger partial charge in [0.15, 0.2) is 0 Å². The van der Waals surface area contributed by atoms with Gasteiger partial charge in [-0.2, -0.15) is 0 Å². The van der Waals surface area contributed by atoms with Crippen molar-refractivity contribution < 1.29 is 34.4 Å². The molecule has 7 heteroatoms. The normalized spacial score (nSPS) is 23.0. The molecule has 0 saturated heterocycles. The molecule has 7 atom stereocenters. The predicted molar refractivity (Wildman–Crippen MR) is 154 cm³/mol. The number of ketones is 1. The minimum Gasteiger partial charge on any atom is -0.478 e. The van der Waals surface area contributed by atoms with Gasteiger partial charge in [0.1, 0.15) is 11.9 Å². The Morgan fingerprint density at radius 1 is 1.08 bits per heavy atom. The Labute approximate surface area is 233 Å². The number of carboxylic acids is 1. The highest BCUT2D eigenvalue weighted by Crippen LogP contribution is 2.24. The van der Waals surface area contributed by atoms with Gasteiger partial charge in [0.2, 0.25) is 0 Å². The topological polar surface area (TPSA) is 121 Å². The van der Waals surface area contributed by atoms with E-state index >= 15 is 0 Å². The molecule has 3 N–H and O–H groups in total. The van der Waals surface area contributed by atoms with E-state index in [0.717, 1.165) is 23.6 Å². The summed E-state index contributed by atoms with van der Waals surface area (Å²) in [5.74, 6) is -2.98. The molecule has 0 radical (unpaired) electrons. The highest BCUT2D eigenvalue weighted by molar-refractivity contribution is 5.85. The fraction of sp³-hybridized carbons (Fsp3) is 0.531. The van der Waals surface area contributed by atoms with Crippen LogP contribution in [0.2, 0.25) is 0 Å². The van der Waals surface area contributed by atoms with Gasteiger partial charge in [0.05, 0.1) is 18.6 Å². The van der Waals surface area contributed by atoms with Gasteiger partial charge in [0.25, 0.3) is 0 Å². The molecule has 0 amide bonds. The van der Waals surface area contributed by atoms with Crippen molar-refractivity contribution in [1.82, 2.24) is 0 Å². The number of rotatable bonds is 15. The Hall–Kier alpha value is -3.03. The number of allylic oxidation sites excluding steroid dienone is 7. The van der Waals surface area contributed by atoms with E-state index in [9.17, 15) is 24.6 Å². The van der Waals surface area contributed by atoms with Crippen molar-refractivity contribution in [2.45, 2.75) is 73.5 Å². The van der Waals surface area contributed by atoms with Crippen LogP contribution in [0.5, 0.6) is 0 Å². The molecule has 39 heavy (non-hydrogen) atoms. The fourth-order valence-electron chi connectivity index (χ4n) is 4.62. The van der Waals surface area contributed by atoms with Crippen LogP contribution < -0.4 is 0 Å². The van der Waals surface area contributed by atoms with Crippen LogP contribution in [0.25, 0.3) is 0 Å². The zero-order valence-electron chi connectivity index (χ0n) is 24.3. The van der Waals surface area contributed by atoms with Gasteiger partial charge in [-0.1, -0.05) is 80.9 Å². The molecule has 216 valence electrons. The number of hydrogen-bond donors (Lipinski definition) is 3. The van der Waals surface area contributed by atoms with Gasteiger partial charge in [-0.05, 0) is 51.5 Å². The number of ether oxygens (including phenoxy) is 1. The Bertz CT molecular complexity index is 1030. The van der Waals surface area contributed by atoms with E-state index in [2.05, 4.69) is 13.0 Å². The summed E-state index contributed by atoms with van der Waals surface area (Å²) in [5.41, 5.74) is 2.53. The van der Waals surface area contributed by atoms with E-state index in [1.807, 2.05) is 51.2 Å². The molecule has 7 nitrogen and oxygen atoms in total. The second kappa shape index (κ2) is 16.8. The first-order chi connectivity index (χ1) is 18.2. The molecule has 0 aromatic rings. The summed E-state index contributed by atoms with van der Waals surface area (Å²) in [5, 5.41) is 29.4. The van der Waals surface area contributed by atoms with E-state index in [4.69, 9.17) is 9.84 Å². The average Bonchev–Trinajstić information content (AvgIpc) is 2.85. The molecule has 1 aliphatic rings. The minimum absolute atomic E-state index is 0.135. The molecule has 0 bridgehead atoms. The third-order valence-electron chi connectivity index (χ3n) is 6.88. The zero-order chi connectivity index (χ0) is 29.7. The number of aliphatic hydroxyl groups excluding tert-OH is 2. The summed E-state index contributed by atoms with van der Waals surface area (Å²) >= 11 is 0. The average molecular weight is 543 g/mol. The molecule has 0 unspecified atom stereocenters. The van der Waals surface area contributed by atoms with Crippen molar-refractivity contribution in [3.8, 4) is 0 Å². The van der Waals surface area contributed by atoms with E-state index in [1.165, 1.54) is 6.08 Å². The second-order valence-electron chi connectivity index (χ2n) is 10.9. The van der Waals surface area contributed by atoms with Gasteiger partial charge in [-0.25, -0.2) is 9.59 Å². The summed E-state index contributed by atoms with van der Waals surface area (Å²) in [7, 11) is 0. The lowest BCUT2D eigenvalue weighted by molar-refractivity contribution is -0.143. The molecule has 0 aliphatic carbocycles. The standard InChI is InChI=1S/C32H46O7/c1-20(15-22(3)11-13-28-24(5)12-14-30(36)39-28)9-8-10-21(2)17-27(19-33)32(38)26(7)31(37)25(6)16-23(4)18-29(34)35/h8,10-15,17-18,20,24-28,31,33,37H,9,16,19H2,1-7H3,(H,34,35)/b10-8+,13-11+,21-17+,22-15+,23-18+/t20-,24+,25+,26-,27-,28+,31+/m1/s1. The first-order valence-electron chi connectivity index (χ1n) is 13.6. The minimum atomic E-state index is -1.04. The van der Waals surface area contributed by atoms with Crippen molar-refractivity contribution in [3.05, 3.63) is 71.4 Å². The Balaban J connectivity index is 2.71. The number of hydrogen-bond acceptors (Lipinski definition) is 6. The number of carboxylic acid groups (broad SMARTS) is 1. The molecule has 0 aromatic heterocycles. The number of aliphatic carboxylic acids is 1. The summed E-state index contributed by atoms with van der Waals surface area (Å²) in [6.45, 7) is 12.7. The highest BCUT2D eigenvalue weighted by Gasteiger charge is 2.30. The lowest BCUT2D eigenvalue weighted by Crippen LogP contribution is -2.35. The van der Waals surface area contributed by atoms with Gasteiger partial charge in [0, 0.05) is 24.0 Å². The number of aliphatic hydroxyl groups is 2. The van der Waals surface area contributed by atoms with Crippen molar-refractivity contribution in [2.24, 2.45) is 29.6 Å². The van der Waals surface area contributed by atoms with Crippen LogP contribution in [0.1, 0.15) is 61.3 Å².